The van der Waals surface area contributed by atoms with E-state index in [2.05, 4.69) is 6.58 Å². The van der Waals surface area contributed by atoms with Crippen molar-refractivity contribution in [3.8, 4) is 0 Å². The SMILES string of the molecule is C=CCCC(CC(C(F)(F)F)(C(F)(F)F)C(F)(F)F)C(F)(F)F. The maximum Gasteiger partial charge on any atom is 0.412 e. The molecule has 0 heterocycles. The zero-order valence-corrected chi connectivity index (χ0v) is 11.0. The summed E-state index contributed by atoms with van der Waals surface area (Å²) < 4.78 is 151. The van der Waals surface area contributed by atoms with Gasteiger partial charge in [0.2, 0.25) is 0 Å². The van der Waals surface area contributed by atoms with Crippen LogP contribution in [0.2, 0.25) is 0 Å². The van der Waals surface area contributed by atoms with Crippen molar-refractivity contribution in [3.05, 3.63) is 12.7 Å². The molecule has 0 saturated heterocycles. The Hall–Kier alpha value is -1.10. The molecule has 0 aliphatic rings. The minimum absolute atomic E-state index is 0.701. The van der Waals surface area contributed by atoms with Crippen molar-refractivity contribution in [2.75, 3.05) is 0 Å². The Bertz CT molecular complexity index is 357. The van der Waals surface area contributed by atoms with E-state index in [4.69, 9.17) is 0 Å². The summed E-state index contributed by atoms with van der Waals surface area (Å²) in [5.74, 6) is -3.45. The first-order valence-electron chi connectivity index (χ1n) is 5.79. The van der Waals surface area contributed by atoms with Gasteiger partial charge < -0.3 is 0 Å². The third kappa shape index (κ3) is 4.46. The fourth-order valence-electron chi connectivity index (χ4n) is 1.90. The predicted octanol–water partition coefficient (Wildman–Crippen LogP) is 6.19. The minimum atomic E-state index is -7.00. The number of alkyl halides is 12. The van der Waals surface area contributed by atoms with Gasteiger partial charge in [0.15, 0.2) is 0 Å². The van der Waals surface area contributed by atoms with Crippen LogP contribution >= 0.6 is 0 Å². The van der Waals surface area contributed by atoms with Gasteiger partial charge in [0, 0.05) is 0 Å². The number of hydrogen-bond donors (Lipinski definition) is 0. The molecule has 12 heteroatoms. The second-order valence-electron chi connectivity index (χ2n) is 4.71. The summed E-state index contributed by atoms with van der Waals surface area (Å²) in [6.45, 7) is 2.92. The van der Waals surface area contributed by atoms with Crippen LogP contribution in [-0.2, 0) is 0 Å². The van der Waals surface area contributed by atoms with Crippen LogP contribution in [0.1, 0.15) is 19.3 Å². The number of allylic oxidation sites excluding steroid dienone is 1. The Kier molecular flexibility index (Phi) is 6.11. The number of hydrogen-bond acceptors (Lipinski definition) is 0. The van der Waals surface area contributed by atoms with Crippen LogP contribution in [0.25, 0.3) is 0 Å². The second-order valence-corrected chi connectivity index (χ2v) is 4.71. The average Bonchev–Trinajstić information content (AvgIpc) is 2.21. The van der Waals surface area contributed by atoms with Crippen molar-refractivity contribution in [1.29, 1.82) is 0 Å². The molecule has 0 bridgehead atoms. The van der Waals surface area contributed by atoms with Crippen molar-refractivity contribution in [3.63, 3.8) is 0 Å². The zero-order valence-electron chi connectivity index (χ0n) is 11.0. The molecular weight excluding hydrogens is 360 g/mol. The Morgan fingerprint density at radius 1 is 0.696 bits per heavy atom. The lowest BCUT2D eigenvalue weighted by atomic mass is 9.75. The van der Waals surface area contributed by atoms with Crippen LogP contribution < -0.4 is 0 Å². The van der Waals surface area contributed by atoms with E-state index in [0.717, 1.165) is 6.08 Å². The highest BCUT2D eigenvalue weighted by molar-refractivity contribution is 5.01. The quantitative estimate of drug-likeness (QED) is 0.400. The van der Waals surface area contributed by atoms with E-state index in [1.807, 2.05) is 0 Å². The van der Waals surface area contributed by atoms with Gasteiger partial charge >= 0.3 is 24.7 Å². The smallest absolute Gasteiger partial charge is 0.171 e. The zero-order chi connectivity index (χ0) is 18.9. The summed E-state index contributed by atoms with van der Waals surface area (Å²) >= 11 is 0. The Morgan fingerprint density at radius 2 is 1.04 bits per heavy atom. The van der Waals surface area contributed by atoms with E-state index < -0.39 is 55.3 Å². The van der Waals surface area contributed by atoms with Gasteiger partial charge in [-0.3, -0.25) is 0 Å². The molecule has 0 aliphatic heterocycles. The normalized spacial score (nSPS) is 16.3. The summed E-state index contributed by atoms with van der Waals surface area (Å²) in [6, 6.07) is 0. The van der Waals surface area contributed by atoms with E-state index in [0.29, 0.717) is 0 Å². The van der Waals surface area contributed by atoms with Gasteiger partial charge in [-0.05, 0) is 19.3 Å². The first-order chi connectivity index (χ1) is 9.92. The molecule has 0 N–H and O–H groups in total. The van der Waals surface area contributed by atoms with Crippen LogP contribution in [0.4, 0.5) is 52.7 Å². The van der Waals surface area contributed by atoms with Gasteiger partial charge in [-0.1, -0.05) is 6.08 Å². The summed E-state index contributed by atoms with van der Waals surface area (Å²) in [5.41, 5.74) is -6.46. The Labute approximate surface area is 122 Å². The van der Waals surface area contributed by atoms with Gasteiger partial charge in [-0.15, -0.1) is 6.58 Å². The monoisotopic (exact) mass is 370 g/mol. The summed E-state index contributed by atoms with van der Waals surface area (Å²) in [7, 11) is 0. The van der Waals surface area contributed by atoms with Crippen LogP contribution in [0.15, 0.2) is 12.7 Å². The van der Waals surface area contributed by atoms with E-state index >= 15 is 0 Å². The van der Waals surface area contributed by atoms with Crippen molar-refractivity contribution in [2.24, 2.45) is 11.3 Å². The molecule has 1 unspecified atom stereocenters. The lowest BCUT2D eigenvalue weighted by molar-refractivity contribution is -0.434. The maximum absolute atomic E-state index is 12.6. The van der Waals surface area contributed by atoms with Crippen molar-refractivity contribution < 1.29 is 52.7 Å². The molecule has 0 spiro atoms. The molecule has 0 nitrogen and oxygen atoms in total. The predicted molar refractivity (Wildman–Crippen MR) is 54.2 cm³/mol. The topological polar surface area (TPSA) is 0 Å². The molecule has 0 aromatic heterocycles. The van der Waals surface area contributed by atoms with Crippen molar-refractivity contribution in [1.82, 2.24) is 0 Å². The Morgan fingerprint density at radius 3 is 1.26 bits per heavy atom. The van der Waals surface area contributed by atoms with Gasteiger partial charge in [0.25, 0.3) is 5.41 Å². The molecule has 0 aromatic carbocycles. The first-order valence-corrected chi connectivity index (χ1v) is 5.79. The summed E-state index contributed by atoms with van der Waals surface area (Å²) in [6.07, 6.45) is -31.2. The second kappa shape index (κ2) is 6.42. The maximum atomic E-state index is 12.6. The van der Waals surface area contributed by atoms with E-state index in [1.54, 1.807) is 0 Å². The van der Waals surface area contributed by atoms with Gasteiger partial charge in [-0.25, -0.2) is 0 Å². The molecule has 0 rings (SSSR count). The molecule has 0 aliphatic carbocycles. The molecule has 138 valence electrons. The number of rotatable bonds is 5. The first kappa shape index (κ1) is 21.9. The van der Waals surface area contributed by atoms with Crippen LogP contribution in [0, 0.1) is 11.3 Å². The van der Waals surface area contributed by atoms with Gasteiger partial charge in [0.1, 0.15) is 0 Å². The molecular formula is C11H10F12. The van der Waals surface area contributed by atoms with Crippen molar-refractivity contribution >= 4 is 0 Å². The molecule has 23 heavy (non-hydrogen) atoms. The fraction of sp³-hybridized carbons (Fsp3) is 0.818. The third-order valence-electron chi connectivity index (χ3n) is 3.19. The van der Waals surface area contributed by atoms with E-state index in [1.165, 1.54) is 0 Å². The minimum Gasteiger partial charge on any atom is -0.171 e. The molecule has 0 amide bonds. The Balaban J connectivity index is 6.20. The highest BCUT2D eigenvalue weighted by atomic mass is 19.4. The molecule has 0 aromatic rings. The molecule has 0 saturated carbocycles. The van der Waals surface area contributed by atoms with E-state index in [9.17, 15) is 52.7 Å². The van der Waals surface area contributed by atoms with Crippen LogP contribution in [-0.4, -0.2) is 24.7 Å². The lowest BCUT2D eigenvalue weighted by Crippen LogP contribution is -2.61. The summed E-state index contributed by atoms with van der Waals surface area (Å²) in [4.78, 5) is 0. The van der Waals surface area contributed by atoms with Crippen molar-refractivity contribution in [2.45, 2.75) is 44.0 Å². The van der Waals surface area contributed by atoms with Gasteiger partial charge in [0.05, 0.1) is 5.92 Å². The fourth-order valence-corrected chi connectivity index (χ4v) is 1.90. The third-order valence-corrected chi connectivity index (χ3v) is 3.19. The standard InChI is InChI=1S/C11H10F12/c1-2-3-4-6(8(12,13)14)5-7(9(15,16)17,10(18,19)20)11(21,22)23/h2,6H,1,3-5H2. The summed E-state index contributed by atoms with van der Waals surface area (Å²) in [5, 5.41) is 0. The molecule has 1 atom stereocenters. The number of halogens is 12. The molecule has 0 fully saturated rings. The highest BCUT2D eigenvalue weighted by Gasteiger charge is 2.84. The van der Waals surface area contributed by atoms with Crippen LogP contribution in [0.5, 0.6) is 0 Å². The average molecular weight is 370 g/mol. The molecule has 0 radical (unpaired) electrons. The van der Waals surface area contributed by atoms with Gasteiger partial charge in [-0.2, -0.15) is 52.7 Å². The lowest BCUT2D eigenvalue weighted by Gasteiger charge is -2.40. The van der Waals surface area contributed by atoms with E-state index in [-0.39, 0.29) is 0 Å². The largest absolute Gasteiger partial charge is 0.412 e. The van der Waals surface area contributed by atoms with Crippen LogP contribution in [0.3, 0.4) is 0 Å². The highest BCUT2D eigenvalue weighted by Crippen LogP contribution is 2.63.